The van der Waals surface area contributed by atoms with Crippen LogP contribution in [0.1, 0.15) is 0 Å². The molecule has 0 aliphatic carbocycles. The fourth-order valence-corrected chi connectivity index (χ4v) is 3.09. The molecular weight excluding hydrogens is 302 g/mol. The molecule has 2 aliphatic rings. The zero-order chi connectivity index (χ0) is 16.4. The maximum Gasteiger partial charge on any atom is 0.153 e. The predicted octanol–water partition coefficient (Wildman–Crippen LogP) is -1.16. The molecule has 0 amide bonds. The first-order valence-corrected chi connectivity index (χ1v) is 8.16. The Morgan fingerprint density at radius 2 is 1.08 bits per heavy atom. The standard InChI is InChI=1S/C18H19N5O/c24-10-9-23(11-17-19-13-5-1-2-6-14(13)20-17)12-18-21-15-7-3-4-8-16(15)22-18/h1-8,17-18,24H,9-12H2. The van der Waals surface area contributed by atoms with Crippen molar-refractivity contribution in [1.82, 2.24) is 4.90 Å². The van der Waals surface area contributed by atoms with Crippen molar-refractivity contribution < 1.29 is 5.11 Å². The van der Waals surface area contributed by atoms with Crippen LogP contribution in [-0.2, 0) is 0 Å². The molecule has 6 heteroatoms. The van der Waals surface area contributed by atoms with Crippen LogP contribution in [-0.4, -0.2) is 48.6 Å². The summed E-state index contributed by atoms with van der Waals surface area (Å²) in [7, 11) is 0. The Labute approximate surface area is 139 Å². The molecule has 2 aromatic carbocycles. The average Bonchev–Trinajstić information content (AvgIpc) is 3.17. The first kappa shape index (κ1) is 15.1. The zero-order valence-corrected chi connectivity index (χ0v) is 13.3. The maximum atomic E-state index is 9.37. The highest BCUT2D eigenvalue weighted by atomic mass is 16.3. The highest BCUT2D eigenvalue weighted by Gasteiger charge is 2.19. The lowest BCUT2D eigenvalue weighted by Crippen LogP contribution is -2.37. The van der Waals surface area contributed by atoms with Crippen LogP contribution >= 0.6 is 0 Å². The Morgan fingerprint density at radius 1 is 0.708 bits per heavy atom. The lowest BCUT2D eigenvalue weighted by molar-refractivity contribution is 0.182. The lowest BCUT2D eigenvalue weighted by Gasteiger charge is -2.23. The minimum atomic E-state index is -0.127. The van der Waals surface area contributed by atoms with E-state index in [1.807, 2.05) is 48.5 Å². The molecule has 0 atom stereocenters. The summed E-state index contributed by atoms with van der Waals surface area (Å²) >= 11 is 0. The van der Waals surface area contributed by atoms with Crippen molar-refractivity contribution in [2.75, 3.05) is 26.2 Å². The number of benzene rings is 2. The third-order valence-electron chi connectivity index (χ3n) is 4.18. The van der Waals surface area contributed by atoms with Crippen molar-refractivity contribution in [1.29, 1.82) is 0 Å². The Morgan fingerprint density at radius 3 is 1.42 bits per heavy atom. The molecule has 122 valence electrons. The van der Waals surface area contributed by atoms with Gasteiger partial charge in [0.05, 0.1) is 28.0 Å². The monoisotopic (exact) mass is 321 g/mol. The van der Waals surface area contributed by atoms with Gasteiger partial charge in [0.2, 0.25) is 0 Å². The van der Waals surface area contributed by atoms with E-state index < -0.39 is 0 Å². The van der Waals surface area contributed by atoms with Crippen LogP contribution in [0.15, 0.2) is 68.5 Å². The zero-order valence-electron chi connectivity index (χ0n) is 13.3. The molecule has 0 unspecified atom stereocenters. The van der Waals surface area contributed by atoms with E-state index in [1.54, 1.807) is 0 Å². The van der Waals surface area contributed by atoms with Crippen LogP contribution in [0.4, 0.5) is 0 Å². The van der Waals surface area contributed by atoms with E-state index in [1.165, 1.54) is 0 Å². The Hall–Kier alpha value is -2.44. The first-order chi connectivity index (χ1) is 11.8. The fourth-order valence-electron chi connectivity index (χ4n) is 3.09. The summed E-state index contributed by atoms with van der Waals surface area (Å²) in [6, 6.07) is 15.8. The second-order valence-corrected chi connectivity index (χ2v) is 5.94. The minimum absolute atomic E-state index is 0.0966. The molecule has 0 fully saturated rings. The predicted molar refractivity (Wildman–Crippen MR) is 88.6 cm³/mol. The highest BCUT2D eigenvalue weighted by Crippen LogP contribution is 2.04. The van der Waals surface area contributed by atoms with Gasteiger partial charge in [-0.3, -0.25) is 24.9 Å². The van der Waals surface area contributed by atoms with Crippen LogP contribution in [0.25, 0.3) is 0 Å². The van der Waals surface area contributed by atoms with Crippen LogP contribution in [0.5, 0.6) is 0 Å². The summed E-state index contributed by atoms with van der Waals surface area (Å²) in [5.74, 6) is 0. The van der Waals surface area contributed by atoms with Gasteiger partial charge in [-0.15, -0.1) is 0 Å². The summed E-state index contributed by atoms with van der Waals surface area (Å²) in [6.45, 7) is 1.98. The number of para-hydroxylation sites is 4. The average molecular weight is 321 g/mol. The molecule has 2 aliphatic heterocycles. The number of hydrogen-bond acceptors (Lipinski definition) is 6. The molecule has 0 aromatic heterocycles. The molecule has 4 rings (SSSR count). The Bertz CT molecular complexity index is 824. The molecule has 2 heterocycles. The van der Waals surface area contributed by atoms with Gasteiger partial charge in [-0.25, -0.2) is 0 Å². The second-order valence-electron chi connectivity index (χ2n) is 5.94. The summed E-state index contributed by atoms with van der Waals surface area (Å²) in [4.78, 5) is 20.7. The van der Waals surface area contributed by atoms with Gasteiger partial charge < -0.3 is 5.11 Å². The number of nitrogens with zero attached hydrogens (tertiary/aromatic N) is 5. The number of fused-ring (bicyclic) bond motifs is 2. The van der Waals surface area contributed by atoms with Gasteiger partial charge in [0.15, 0.2) is 12.3 Å². The summed E-state index contributed by atoms with van der Waals surface area (Å²) in [6.07, 6.45) is -0.254. The minimum Gasteiger partial charge on any atom is -0.395 e. The van der Waals surface area contributed by atoms with Crippen molar-refractivity contribution in [2.45, 2.75) is 12.3 Å². The normalized spacial score (nSPS) is 16.1. The number of rotatable bonds is 6. The van der Waals surface area contributed by atoms with Gasteiger partial charge in [0.25, 0.3) is 0 Å². The van der Waals surface area contributed by atoms with Gasteiger partial charge >= 0.3 is 0 Å². The quantitative estimate of drug-likeness (QED) is 0.729. The summed E-state index contributed by atoms with van der Waals surface area (Å²) < 4.78 is 0. The maximum absolute atomic E-state index is 9.37. The number of hydrogen-bond donors (Lipinski definition) is 1. The van der Waals surface area contributed by atoms with Gasteiger partial charge in [-0.05, 0) is 24.3 Å². The summed E-state index contributed by atoms with van der Waals surface area (Å²) in [5.41, 5.74) is 0. The smallest absolute Gasteiger partial charge is 0.153 e. The summed E-state index contributed by atoms with van der Waals surface area (Å²) in [5, 5.41) is 13.1. The third kappa shape index (κ3) is 3.11. The van der Waals surface area contributed by atoms with Crippen molar-refractivity contribution >= 4 is 0 Å². The lowest BCUT2D eigenvalue weighted by atomic mass is 10.3. The van der Waals surface area contributed by atoms with E-state index in [-0.39, 0.29) is 18.9 Å². The van der Waals surface area contributed by atoms with E-state index in [2.05, 4.69) is 24.9 Å². The van der Waals surface area contributed by atoms with Gasteiger partial charge in [-0.1, -0.05) is 24.3 Å². The Balaban J connectivity index is 1.48. The van der Waals surface area contributed by atoms with Crippen LogP contribution < -0.4 is 21.4 Å². The largest absolute Gasteiger partial charge is 0.395 e. The van der Waals surface area contributed by atoms with E-state index in [0.29, 0.717) is 19.6 Å². The molecule has 0 spiro atoms. The molecule has 0 saturated carbocycles. The molecule has 0 bridgehead atoms. The van der Waals surface area contributed by atoms with Crippen LogP contribution in [0.3, 0.4) is 0 Å². The van der Waals surface area contributed by atoms with Gasteiger partial charge in [-0.2, -0.15) is 0 Å². The van der Waals surface area contributed by atoms with Crippen molar-refractivity contribution in [3.63, 3.8) is 0 Å². The fraction of sp³-hybridized carbons (Fsp3) is 0.333. The van der Waals surface area contributed by atoms with Crippen molar-refractivity contribution in [3.8, 4) is 0 Å². The SMILES string of the molecule is OCCN(CC1N=c2ccccc2=N1)CC1N=c2ccccc2=N1. The molecule has 6 nitrogen and oxygen atoms in total. The number of aliphatic hydroxyl groups is 1. The molecule has 0 radical (unpaired) electrons. The van der Waals surface area contributed by atoms with E-state index in [9.17, 15) is 5.11 Å². The van der Waals surface area contributed by atoms with E-state index in [4.69, 9.17) is 0 Å². The molecule has 2 aromatic rings. The van der Waals surface area contributed by atoms with Crippen molar-refractivity contribution in [3.05, 3.63) is 70.0 Å². The van der Waals surface area contributed by atoms with E-state index in [0.717, 1.165) is 21.4 Å². The van der Waals surface area contributed by atoms with Crippen LogP contribution in [0, 0.1) is 0 Å². The highest BCUT2D eigenvalue weighted by molar-refractivity contribution is 5.05. The molecule has 0 saturated heterocycles. The molecule has 1 N–H and O–H groups in total. The molecular formula is C18H19N5O. The van der Waals surface area contributed by atoms with Gasteiger partial charge in [0, 0.05) is 19.6 Å². The Kier molecular flexibility index (Phi) is 4.15. The topological polar surface area (TPSA) is 72.9 Å². The molecule has 24 heavy (non-hydrogen) atoms. The van der Waals surface area contributed by atoms with E-state index >= 15 is 0 Å². The number of aliphatic hydroxyl groups excluding tert-OH is 1. The van der Waals surface area contributed by atoms with Crippen LogP contribution in [0.2, 0.25) is 0 Å². The van der Waals surface area contributed by atoms with Gasteiger partial charge in [0.1, 0.15) is 0 Å². The third-order valence-corrected chi connectivity index (χ3v) is 4.18. The first-order valence-electron chi connectivity index (χ1n) is 8.16. The van der Waals surface area contributed by atoms with Crippen molar-refractivity contribution in [2.24, 2.45) is 20.0 Å². The second kappa shape index (κ2) is 6.59.